The molecule has 1 aliphatic heterocycles. The second-order valence-electron chi connectivity index (χ2n) is 5.64. The fraction of sp³-hybridized carbons (Fsp3) is 0.467. The van der Waals surface area contributed by atoms with Gasteiger partial charge in [-0.25, -0.2) is 4.39 Å². The Kier molecular flexibility index (Phi) is 3.98. The normalized spacial score (nSPS) is 22.8. The summed E-state index contributed by atoms with van der Waals surface area (Å²) >= 11 is 0. The Morgan fingerprint density at radius 3 is 2.81 bits per heavy atom. The number of aromatic nitrogens is 2. The van der Waals surface area contributed by atoms with Crippen LogP contribution in [0.4, 0.5) is 4.39 Å². The standard InChI is InChI=1S/C15H19FN4O/c1-10-6-11(7-17)8-20(10)9-14-18-15(21-19-14)12-2-4-13(16)5-3-12/h2-5,10-11H,6-9,17H2,1H3. The minimum absolute atomic E-state index is 0.280. The lowest BCUT2D eigenvalue weighted by Crippen LogP contribution is -2.27. The SMILES string of the molecule is CC1CC(CN)CN1Cc1noc(-c2ccc(F)cc2)n1. The van der Waals surface area contributed by atoms with Gasteiger partial charge >= 0.3 is 0 Å². The van der Waals surface area contributed by atoms with E-state index in [0.29, 0.717) is 36.8 Å². The van der Waals surface area contributed by atoms with Crippen molar-refractivity contribution in [3.05, 3.63) is 35.9 Å². The van der Waals surface area contributed by atoms with Crippen LogP contribution in [0.25, 0.3) is 11.5 Å². The number of likely N-dealkylation sites (tertiary alicyclic amines) is 1. The number of nitrogens with two attached hydrogens (primary N) is 1. The van der Waals surface area contributed by atoms with Crippen LogP contribution >= 0.6 is 0 Å². The topological polar surface area (TPSA) is 68.2 Å². The summed E-state index contributed by atoms with van der Waals surface area (Å²) in [6, 6.07) is 6.51. The van der Waals surface area contributed by atoms with Crippen molar-refractivity contribution in [2.24, 2.45) is 11.7 Å². The maximum Gasteiger partial charge on any atom is 0.257 e. The molecule has 0 spiro atoms. The van der Waals surface area contributed by atoms with Crippen molar-refractivity contribution in [1.82, 2.24) is 15.0 Å². The maximum atomic E-state index is 12.9. The molecule has 0 saturated carbocycles. The predicted molar refractivity (Wildman–Crippen MR) is 76.7 cm³/mol. The van der Waals surface area contributed by atoms with Crippen molar-refractivity contribution in [2.45, 2.75) is 25.9 Å². The molecule has 1 aliphatic rings. The van der Waals surface area contributed by atoms with Gasteiger partial charge < -0.3 is 10.3 Å². The van der Waals surface area contributed by atoms with E-state index < -0.39 is 0 Å². The Hall–Kier alpha value is -1.79. The molecule has 0 bridgehead atoms. The van der Waals surface area contributed by atoms with Gasteiger partial charge in [0.1, 0.15) is 5.82 Å². The molecule has 21 heavy (non-hydrogen) atoms. The summed E-state index contributed by atoms with van der Waals surface area (Å²) in [5, 5.41) is 4.01. The molecule has 2 N–H and O–H groups in total. The second-order valence-corrected chi connectivity index (χ2v) is 5.64. The highest BCUT2D eigenvalue weighted by atomic mass is 19.1. The summed E-state index contributed by atoms with van der Waals surface area (Å²) in [6.07, 6.45) is 1.11. The zero-order chi connectivity index (χ0) is 14.8. The third-order valence-electron chi connectivity index (χ3n) is 4.03. The molecule has 1 aromatic heterocycles. The fourth-order valence-corrected chi connectivity index (χ4v) is 2.82. The average Bonchev–Trinajstić information content (AvgIpc) is 3.08. The third kappa shape index (κ3) is 3.11. The van der Waals surface area contributed by atoms with E-state index in [-0.39, 0.29) is 5.82 Å². The minimum atomic E-state index is -0.280. The van der Waals surface area contributed by atoms with E-state index in [1.165, 1.54) is 12.1 Å². The average molecular weight is 290 g/mol. The van der Waals surface area contributed by atoms with E-state index in [1.54, 1.807) is 12.1 Å². The summed E-state index contributed by atoms with van der Waals surface area (Å²) in [7, 11) is 0. The van der Waals surface area contributed by atoms with E-state index in [2.05, 4.69) is 22.0 Å². The number of hydrogen-bond donors (Lipinski definition) is 1. The highest BCUT2D eigenvalue weighted by molar-refractivity contribution is 5.52. The largest absolute Gasteiger partial charge is 0.334 e. The number of benzene rings is 1. The van der Waals surface area contributed by atoms with Gasteiger partial charge in [-0.05, 0) is 50.1 Å². The summed E-state index contributed by atoms with van der Waals surface area (Å²) in [5.74, 6) is 1.34. The van der Waals surface area contributed by atoms with Crippen LogP contribution in [-0.4, -0.2) is 34.2 Å². The molecule has 2 atom stereocenters. The van der Waals surface area contributed by atoms with Gasteiger partial charge in [0, 0.05) is 18.2 Å². The first-order valence-electron chi connectivity index (χ1n) is 7.18. The number of halogens is 1. The van der Waals surface area contributed by atoms with E-state index in [0.717, 1.165) is 18.5 Å². The molecule has 1 fully saturated rings. The first-order chi connectivity index (χ1) is 10.2. The van der Waals surface area contributed by atoms with E-state index in [4.69, 9.17) is 10.3 Å². The molecule has 3 rings (SSSR count). The first-order valence-corrected chi connectivity index (χ1v) is 7.18. The number of nitrogens with zero attached hydrogens (tertiary/aromatic N) is 3. The Balaban J connectivity index is 1.69. The van der Waals surface area contributed by atoms with E-state index in [9.17, 15) is 4.39 Å². The van der Waals surface area contributed by atoms with Crippen LogP contribution in [0.3, 0.4) is 0 Å². The maximum absolute atomic E-state index is 12.9. The molecule has 2 aromatic rings. The van der Waals surface area contributed by atoms with Crippen molar-refractivity contribution < 1.29 is 8.91 Å². The highest BCUT2D eigenvalue weighted by Gasteiger charge is 2.29. The van der Waals surface area contributed by atoms with Gasteiger partial charge in [0.2, 0.25) is 0 Å². The molecule has 0 amide bonds. The van der Waals surface area contributed by atoms with Crippen LogP contribution in [0.5, 0.6) is 0 Å². The van der Waals surface area contributed by atoms with Gasteiger partial charge in [-0.15, -0.1) is 0 Å². The van der Waals surface area contributed by atoms with Crippen LogP contribution in [0.15, 0.2) is 28.8 Å². The van der Waals surface area contributed by atoms with Gasteiger partial charge in [0.05, 0.1) is 6.54 Å². The Morgan fingerprint density at radius 1 is 1.38 bits per heavy atom. The summed E-state index contributed by atoms with van der Waals surface area (Å²) in [6.45, 7) is 4.53. The van der Waals surface area contributed by atoms with Crippen molar-refractivity contribution in [2.75, 3.05) is 13.1 Å². The van der Waals surface area contributed by atoms with Crippen LogP contribution < -0.4 is 5.73 Å². The smallest absolute Gasteiger partial charge is 0.257 e. The number of rotatable bonds is 4. The lowest BCUT2D eigenvalue weighted by molar-refractivity contribution is 0.245. The minimum Gasteiger partial charge on any atom is -0.334 e. The molecule has 0 radical (unpaired) electrons. The second kappa shape index (κ2) is 5.91. The van der Waals surface area contributed by atoms with Crippen molar-refractivity contribution in [3.8, 4) is 11.5 Å². The predicted octanol–water partition coefficient (Wildman–Crippen LogP) is 2.04. The van der Waals surface area contributed by atoms with Gasteiger partial charge in [0.25, 0.3) is 5.89 Å². The number of hydrogen-bond acceptors (Lipinski definition) is 5. The van der Waals surface area contributed by atoms with Gasteiger partial charge in [-0.2, -0.15) is 4.98 Å². The van der Waals surface area contributed by atoms with Crippen LogP contribution in [0.2, 0.25) is 0 Å². The Labute approximate surface area is 122 Å². The summed E-state index contributed by atoms with van der Waals surface area (Å²) in [4.78, 5) is 6.70. The quantitative estimate of drug-likeness (QED) is 0.933. The van der Waals surface area contributed by atoms with Crippen LogP contribution in [0.1, 0.15) is 19.2 Å². The summed E-state index contributed by atoms with van der Waals surface area (Å²) < 4.78 is 18.2. The molecule has 6 heteroatoms. The van der Waals surface area contributed by atoms with Crippen LogP contribution in [0, 0.1) is 11.7 Å². The molecular weight excluding hydrogens is 271 g/mol. The van der Waals surface area contributed by atoms with E-state index >= 15 is 0 Å². The molecule has 5 nitrogen and oxygen atoms in total. The fourth-order valence-electron chi connectivity index (χ4n) is 2.82. The zero-order valence-electron chi connectivity index (χ0n) is 12.0. The van der Waals surface area contributed by atoms with Crippen molar-refractivity contribution >= 4 is 0 Å². The molecule has 0 aliphatic carbocycles. The van der Waals surface area contributed by atoms with Crippen molar-refractivity contribution in [3.63, 3.8) is 0 Å². The Bertz CT molecular complexity index is 598. The molecule has 112 valence electrons. The van der Waals surface area contributed by atoms with Gasteiger partial charge in [-0.3, -0.25) is 4.90 Å². The van der Waals surface area contributed by atoms with Crippen molar-refractivity contribution in [1.29, 1.82) is 0 Å². The molecule has 1 aromatic carbocycles. The van der Waals surface area contributed by atoms with E-state index in [1.807, 2.05) is 0 Å². The Morgan fingerprint density at radius 2 is 2.14 bits per heavy atom. The summed E-state index contributed by atoms with van der Waals surface area (Å²) in [5.41, 5.74) is 6.46. The highest BCUT2D eigenvalue weighted by Crippen LogP contribution is 2.24. The van der Waals surface area contributed by atoms with Gasteiger partial charge in [-0.1, -0.05) is 5.16 Å². The molecular formula is C15H19FN4O. The van der Waals surface area contributed by atoms with Gasteiger partial charge in [0.15, 0.2) is 5.82 Å². The lowest BCUT2D eigenvalue weighted by atomic mass is 10.1. The first kappa shape index (κ1) is 14.2. The molecule has 2 heterocycles. The lowest BCUT2D eigenvalue weighted by Gasteiger charge is -2.18. The van der Waals surface area contributed by atoms with Crippen LogP contribution in [-0.2, 0) is 6.54 Å². The molecule has 1 saturated heterocycles. The molecule has 2 unspecified atom stereocenters. The third-order valence-corrected chi connectivity index (χ3v) is 4.03. The monoisotopic (exact) mass is 290 g/mol. The zero-order valence-corrected chi connectivity index (χ0v) is 12.0.